The number of carbonyl (C=O) groups excluding carboxylic acids is 1. The lowest BCUT2D eigenvalue weighted by atomic mass is 9.47. The monoisotopic (exact) mass is 518 g/mol. The topological polar surface area (TPSA) is 41.6 Å². The van der Waals surface area contributed by atoms with Crippen molar-refractivity contribution in [1.82, 2.24) is 4.90 Å². The zero-order chi connectivity index (χ0) is 26.4. The number of fused-ring (bicyclic) bond motifs is 1. The molecule has 0 spiro atoms. The summed E-state index contributed by atoms with van der Waals surface area (Å²) in [5, 5.41) is 3.56. The highest BCUT2D eigenvalue weighted by atomic mass is 28.3. The summed E-state index contributed by atoms with van der Waals surface area (Å²) < 4.78 is 19.5. The van der Waals surface area contributed by atoms with Crippen molar-refractivity contribution in [2.45, 2.75) is 94.8 Å². The van der Waals surface area contributed by atoms with Crippen LogP contribution >= 0.6 is 0 Å². The predicted octanol–water partition coefficient (Wildman–Crippen LogP) is 6.67. The number of benzene rings is 2. The molecule has 2 bridgehead atoms. The van der Waals surface area contributed by atoms with Gasteiger partial charge in [0.1, 0.15) is 19.5 Å². The van der Waals surface area contributed by atoms with Crippen LogP contribution in [0.3, 0.4) is 0 Å². The van der Waals surface area contributed by atoms with Gasteiger partial charge in [0.2, 0.25) is 0 Å². The Labute approximate surface area is 222 Å². The van der Waals surface area contributed by atoms with Crippen LogP contribution in [-0.4, -0.2) is 43.2 Å². The number of unbranched alkanes of at least 4 members (excludes halogenated alkanes) is 1. The largest absolute Gasteiger partial charge is 0.497 e. The van der Waals surface area contributed by atoms with Gasteiger partial charge in [0.25, 0.3) is 5.91 Å². The third kappa shape index (κ3) is 5.16. The third-order valence-corrected chi connectivity index (χ3v) is 8.92. The smallest absolute Gasteiger partial charge is 0.298 e. The molecule has 1 N–H and O–H groups in total. The van der Waals surface area contributed by atoms with Crippen molar-refractivity contribution >= 4 is 19.7 Å². The van der Waals surface area contributed by atoms with Gasteiger partial charge in [0.05, 0.1) is 13.2 Å². The van der Waals surface area contributed by atoms with Gasteiger partial charge in [-0.1, -0.05) is 57.6 Å². The second-order valence-corrected chi connectivity index (χ2v) is 17.1. The number of nitrogens with one attached hydrogen (secondary N) is 1. The van der Waals surface area contributed by atoms with Crippen molar-refractivity contribution in [3.8, 4) is 17.2 Å². The Hall–Kier alpha value is -2.78. The molecule has 6 heteroatoms. The van der Waals surface area contributed by atoms with Gasteiger partial charge in [0.15, 0.2) is 0 Å². The first-order valence-electron chi connectivity index (χ1n) is 13.6. The molecular formula is C31H39FN2O2Si. The minimum absolute atomic E-state index is 0.0655. The van der Waals surface area contributed by atoms with Gasteiger partial charge in [-0.3, -0.25) is 4.79 Å². The Bertz CT molecular complexity index is 1220. The van der Waals surface area contributed by atoms with Gasteiger partial charge in [-0.25, -0.2) is 4.39 Å². The molecule has 3 fully saturated rings. The van der Waals surface area contributed by atoms with Crippen LogP contribution in [0.25, 0.3) is 0 Å². The first kappa shape index (κ1) is 25.8. The number of amides is 1. The molecule has 1 heterocycles. The average Bonchev–Trinajstić information content (AvgIpc) is 2.83. The van der Waals surface area contributed by atoms with Gasteiger partial charge < -0.3 is 15.0 Å². The number of hydrogen-bond donors (Lipinski definition) is 1. The standard InChI is InChI=1S/C31H39FN2O2Si/c1-6-7-8-25-17-23-18-26(36-2)13-14-27(23)29(34(25)28(35)15-16-37(3,4)5)22-9-11-24(12-10-22)33-31-19-30(32,20-31)21-31/h9-14,18,25,29,33H,6-8,17,19-21H2,1-5H3/t25-,29-,30?,31?/m0/s1. The predicted molar refractivity (Wildman–Crippen MR) is 150 cm³/mol. The molecule has 0 saturated heterocycles. The minimum atomic E-state index is -1.71. The van der Waals surface area contributed by atoms with Crippen molar-refractivity contribution in [1.29, 1.82) is 0 Å². The molecule has 0 radical (unpaired) electrons. The fourth-order valence-corrected chi connectivity index (χ4v) is 6.81. The van der Waals surface area contributed by atoms with E-state index in [2.05, 4.69) is 79.7 Å². The Balaban J connectivity index is 1.52. The van der Waals surface area contributed by atoms with Crippen LogP contribution in [0.5, 0.6) is 5.75 Å². The maximum absolute atomic E-state index is 14.0. The van der Waals surface area contributed by atoms with Crippen LogP contribution < -0.4 is 10.1 Å². The number of hydrogen-bond acceptors (Lipinski definition) is 3. The molecule has 4 aliphatic rings. The van der Waals surface area contributed by atoms with E-state index >= 15 is 0 Å². The summed E-state index contributed by atoms with van der Waals surface area (Å²) in [5.74, 6) is 3.80. The maximum Gasteiger partial charge on any atom is 0.298 e. The Morgan fingerprint density at radius 3 is 2.46 bits per heavy atom. The Morgan fingerprint density at radius 2 is 1.86 bits per heavy atom. The zero-order valence-corrected chi connectivity index (χ0v) is 23.8. The van der Waals surface area contributed by atoms with Crippen LogP contribution in [-0.2, 0) is 11.2 Å². The molecule has 1 aliphatic heterocycles. The van der Waals surface area contributed by atoms with E-state index in [1.807, 2.05) is 11.0 Å². The number of ether oxygens (including phenoxy) is 1. The molecular weight excluding hydrogens is 479 g/mol. The molecule has 4 nitrogen and oxygen atoms in total. The van der Waals surface area contributed by atoms with Gasteiger partial charge in [-0.2, -0.15) is 0 Å². The SMILES string of the molecule is CCCC[C@H]1Cc2cc(OC)ccc2[C@H](c2ccc(NC34CC(F)(C3)C4)cc2)N1C(=O)C#C[Si](C)(C)C. The lowest BCUT2D eigenvalue weighted by Crippen LogP contribution is -2.73. The first-order valence-corrected chi connectivity index (χ1v) is 17.1. The molecule has 0 aromatic heterocycles. The summed E-state index contributed by atoms with van der Waals surface area (Å²) in [5.41, 5.74) is 6.76. The van der Waals surface area contributed by atoms with Crippen molar-refractivity contribution in [3.05, 3.63) is 59.2 Å². The number of halogens is 1. The molecule has 1 amide bonds. The maximum atomic E-state index is 14.0. The van der Waals surface area contributed by atoms with Gasteiger partial charge in [0, 0.05) is 36.5 Å². The van der Waals surface area contributed by atoms with Crippen LogP contribution in [0.15, 0.2) is 42.5 Å². The first-order chi connectivity index (χ1) is 17.5. The van der Waals surface area contributed by atoms with E-state index < -0.39 is 13.7 Å². The zero-order valence-electron chi connectivity index (χ0n) is 22.8. The summed E-state index contributed by atoms with van der Waals surface area (Å²) in [6.45, 7) is 8.69. The van der Waals surface area contributed by atoms with Crippen molar-refractivity contribution in [2.75, 3.05) is 12.4 Å². The summed E-state index contributed by atoms with van der Waals surface area (Å²) >= 11 is 0. The van der Waals surface area contributed by atoms with Gasteiger partial charge in [-0.05, 0) is 59.7 Å². The molecule has 2 aromatic carbocycles. The van der Waals surface area contributed by atoms with E-state index in [0.717, 1.165) is 48.2 Å². The third-order valence-electron chi connectivity index (χ3n) is 8.04. The second-order valence-electron chi connectivity index (χ2n) is 12.4. The lowest BCUT2D eigenvalue weighted by Gasteiger charge is -2.66. The minimum Gasteiger partial charge on any atom is -0.497 e. The lowest BCUT2D eigenvalue weighted by molar-refractivity contribution is -0.136. The highest BCUT2D eigenvalue weighted by Crippen LogP contribution is 2.64. The molecule has 3 aliphatic carbocycles. The van der Waals surface area contributed by atoms with Crippen LogP contribution in [0.2, 0.25) is 19.6 Å². The van der Waals surface area contributed by atoms with E-state index in [1.54, 1.807) is 7.11 Å². The van der Waals surface area contributed by atoms with E-state index in [9.17, 15) is 9.18 Å². The highest BCUT2D eigenvalue weighted by Gasteiger charge is 2.69. The van der Waals surface area contributed by atoms with Crippen molar-refractivity contribution < 1.29 is 13.9 Å². The average molecular weight is 519 g/mol. The summed E-state index contributed by atoms with van der Waals surface area (Å²) in [4.78, 5) is 15.8. The molecule has 196 valence electrons. The number of carbonyl (C=O) groups is 1. The Kier molecular flexibility index (Phi) is 6.64. The number of methoxy groups -OCH3 is 1. The summed E-state index contributed by atoms with van der Waals surface area (Å²) in [6, 6.07) is 14.5. The van der Waals surface area contributed by atoms with Crippen LogP contribution in [0.4, 0.5) is 10.1 Å². The Morgan fingerprint density at radius 1 is 1.16 bits per heavy atom. The van der Waals surface area contributed by atoms with Gasteiger partial charge >= 0.3 is 0 Å². The highest BCUT2D eigenvalue weighted by molar-refractivity contribution is 6.84. The molecule has 2 atom stereocenters. The fraction of sp³-hybridized carbons (Fsp3) is 0.516. The molecule has 0 unspecified atom stereocenters. The molecule has 6 rings (SSSR count). The van der Waals surface area contributed by atoms with E-state index in [4.69, 9.17) is 4.74 Å². The van der Waals surface area contributed by atoms with E-state index in [-0.39, 0.29) is 23.5 Å². The number of rotatable bonds is 7. The molecule has 2 aromatic rings. The fourth-order valence-electron chi connectivity index (χ4n) is 6.33. The number of nitrogens with zero attached hydrogens (tertiary/aromatic N) is 1. The van der Waals surface area contributed by atoms with Crippen LogP contribution in [0, 0.1) is 11.5 Å². The number of alkyl halides is 1. The summed E-state index contributed by atoms with van der Waals surface area (Å²) in [6.07, 6.45) is 5.71. The van der Waals surface area contributed by atoms with Gasteiger partial charge in [-0.15, -0.1) is 5.54 Å². The van der Waals surface area contributed by atoms with Crippen LogP contribution in [0.1, 0.15) is 68.2 Å². The van der Waals surface area contributed by atoms with E-state index in [1.165, 1.54) is 5.56 Å². The second kappa shape index (κ2) is 9.51. The number of anilines is 1. The van der Waals surface area contributed by atoms with E-state index in [0.29, 0.717) is 19.3 Å². The molecule has 3 saturated carbocycles. The quantitative estimate of drug-likeness (QED) is 0.329. The summed E-state index contributed by atoms with van der Waals surface area (Å²) in [7, 11) is -0.0113. The van der Waals surface area contributed by atoms with Crippen molar-refractivity contribution in [3.63, 3.8) is 0 Å². The normalized spacial score (nSPS) is 27.7. The van der Waals surface area contributed by atoms with Crippen molar-refractivity contribution in [2.24, 2.45) is 0 Å². The molecule has 37 heavy (non-hydrogen) atoms.